The molecule has 0 unspecified atom stereocenters. The summed E-state index contributed by atoms with van der Waals surface area (Å²) in [4.78, 5) is 49.0. The molecule has 0 aliphatic carbocycles. The zero-order valence-corrected chi connectivity index (χ0v) is 42.8. The monoisotopic (exact) mass is 1150 g/mol. The minimum atomic E-state index is -2.26. The molecule has 6 aliphatic heterocycles. The molecule has 6 heterocycles. The van der Waals surface area contributed by atoms with Crippen molar-refractivity contribution in [2.75, 3.05) is 39.6 Å². The fraction of sp³-hybridized carbons (Fsp3) is 0.909. The molecule has 0 saturated carbocycles. The van der Waals surface area contributed by atoms with Crippen molar-refractivity contribution < 1.29 is 153 Å². The Hall–Kier alpha value is -3.20. The average Bonchev–Trinajstić information content (AvgIpc) is 3.41. The van der Waals surface area contributed by atoms with Crippen LogP contribution in [0.5, 0.6) is 0 Å². The number of nitrogens with one attached hydrogen (secondary N) is 4. The van der Waals surface area contributed by atoms with Gasteiger partial charge in [0, 0.05) is 27.7 Å². The van der Waals surface area contributed by atoms with E-state index >= 15 is 0 Å². The topological polar surface area (TPSA) is 542 Å². The lowest BCUT2D eigenvalue weighted by molar-refractivity contribution is -0.388. The van der Waals surface area contributed by atoms with Crippen LogP contribution in [-0.4, -0.2) is 329 Å². The molecule has 79 heavy (non-hydrogen) atoms. The summed E-state index contributed by atoms with van der Waals surface area (Å²) < 4.78 is 63.7. The van der Waals surface area contributed by atoms with Crippen LogP contribution >= 0.6 is 0 Å². The van der Waals surface area contributed by atoms with Crippen LogP contribution in [0.1, 0.15) is 27.7 Å². The number of hydrogen-bond donors (Lipinski definition) is 20. The molecule has 0 radical (unpaired) electrons. The molecule has 456 valence electrons. The van der Waals surface area contributed by atoms with Gasteiger partial charge in [0.15, 0.2) is 37.7 Å². The van der Waals surface area contributed by atoms with Crippen LogP contribution in [0, 0.1) is 0 Å². The normalized spacial score (nSPS) is 46.7. The van der Waals surface area contributed by atoms with Crippen LogP contribution in [0.3, 0.4) is 0 Å². The molecule has 30 atom stereocenters. The van der Waals surface area contributed by atoms with Gasteiger partial charge in [0.2, 0.25) is 23.6 Å². The van der Waals surface area contributed by atoms with Crippen molar-refractivity contribution in [3.05, 3.63) is 0 Å². The fourth-order valence-electron chi connectivity index (χ4n) is 10.1. The molecule has 6 saturated heterocycles. The number of rotatable bonds is 20. The highest BCUT2D eigenvalue weighted by molar-refractivity contribution is 5.74. The zero-order chi connectivity index (χ0) is 58.5. The summed E-state index contributed by atoms with van der Waals surface area (Å²) in [5.41, 5.74) is 0. The maximum atomic E-state index is 12.6. The van der Waals surface area contributed by atoms with E-state index in [0.29, 0.717) is 0 Å². The number of carbonyl (C=O) groups is 4. The largest absolute Gasteiger partial charge is 0.394 e. The first-order valence-electron chi connectivity index (χ1n) is 25.1. The highest BCUT2D eigenvalue weighted by Gasteiger charge is 2.58. The predicted octanol–water partition coefficient (Wildman–Crippen LogP) is -13.5. The quantitative estimate of drug-likeness (QED) is 0.0538. The third-order valence-corrected chi connectivity index (χ3v) is 14.0. The first-order chi connectivity index (χ1) is 37.3. The van der Waals surface area contributed by atoms with Gasteiger partial charge in [-0.1, -0.05) is 0 Å². The summed E-state index contributed by atoms with van der Waals surface area (Å²) >= 11 is 0. The smallest absolute Gasteiger partial charge is 0.217 e. The second-order valence-corrected chi connectivity index (χ2v) is 19.7. The van der Waals surface area contributed by atoms with Crippen LogP contribution in [0.4, 0.5) is 0 Å². The van der Waals surface area contributed by atoms with Crippen molar-refractivity contribution in [2.45, 2.75) is 212 Å². The summed E-state index contributed by atoms with van der Waals surface area (Å²) in [6.45, 7) is -1.69. The van der Waals surface area contributed by atoms with Gasteiger partial charge in [-0.2, -0.15) is 0 Å². The van der Waals surface area contributed by atoms with Crippen LogP contribution in [-0.2, 0) is 71.3 Å². The molecular weight excluding hydrogens is 1080 g/mol. The van der Waals surface area contributed by atoms with Gasteiger partial charge in [0.1, 0.15) is 146 Å². The number of ether oxygens (including phenoxy) is 11. The van der Waals surface area contributed by atoms with Crippen LogP contribution in [0.15, 0.2) is 0 Å². The summed E-state index contributed by atoms with van der Waals surface area (Å²) in [5.74, 6) is -3.10. The Labute approximate surface area is 448 Å². The highest BCUT2D eigenvalue weighted by Crippen LogP contribution is 2.37. The molecule has 6 fully saturated rings. The molecule has 6 rings (SSSR count). The Bertz CT molecular complexity index is 1990. The zero-order valence-electron chi connectivity index (χ0n) is 42.8. The molecule has 4 amide bonds. The number of aliphatic hydroxyl groups excluding tert-OH is 16. The second kappa shape index (κ2) is 28.4. The maximum Gasteiger partial charge on any atom is 0.217 e. The lowest BCUT2D eigenvalue weighted by Gasteiger charge is -2.51. The summed E-state index contributed by atoms with van der Waals surface area (Å²) in [6.07, 6.45) is -49.0. The molecule has 0 bridgehead atoms. The molecule has 6 aliphatic rings. The van der Waals surface area contributed by atoms with E-state index in [9.17, 15) is 101 Å². The lowest BCUT2D eigenvalue weighted by Crippen LogP contribution is -2.71. The van der Waals surface area contributed by atoms with E-state index in [2.05, 4.69) is 21.3 Å². The van der Waals surface area contributed by atoms with Gasteiger partial charge < -0.3 is 155 Å². The van der Waals surface area contributed by atoms with Crippen molar-refractivity contribution in [1.82, 2.24) is 21.3 Å². The number of amides is 4. The Kier molecular flexibility index (Phi) is 23.3. The van der Waals surface area contributed by atoms with Gasteiger partial charge in [-0.05, 0) is 0 Å². The van der Waals surface area contributed by atoms with Crippen molar-refractivity contribution in [2.24, 2.45) is 0 Å². The minimum absolute atomic E-state index is 0.707. The van der Waals surface area contributed by atoms with Crippen LogP contribution in [0.25, 0.3) is 0 Å². The molecule has 0 aromatic rings. The predicted molar refractivity (Wildman–Crippen MR) is 246 cm³/mol. The third kappa shape index (κ3) is 14.6. The standard InChI is InChI=1S/C44H74N4O31/c1-11(55)45-21-29(63)34(18(8-52)69-39(21)68)75-41-23(47-13(3)57)31(65)36(20(10-54)73-41)77-43-33(67)38(27(61)17(7-51)71-43)79-44-32(66)37(26(60)16(6-50)72-44)78-42-24(48-14(4)58)30(64)35(19(9-53)74-42)76-40-22(46-12(2)56)28(62)25(59)15(5-49)70-40/h15-44,49-54,59-68H,5-10H2,1-4H3,(H,45,55)(H,46,56)(H,47,57)(H,48,58)/t15-,16-,17-,18-,19-,20-,21-,22-,23-,24-,25-,26-,27-,28-,29-,30-,31-,32+,33+,34-,35-,36-,37+,38+,39-,40+,41+,42+,43+,44-/m1/s1. The Morgan fingerprint density at radius 2 is 0.557 bits per heavy atom. The molecule has 20 N–H and O–H groups in total. The first-order valence-corrected chi connectivity index (χ1v) is 25.1. The SMILES string of the molecule is CC(=O)N[C@@H]1[C@@H](O)[C@H](O[C@@H]2O[C@H](CO)[C@@H](O[C@@H]3O[C@H](CO)[C@@H](O)[C@H](O[C@H]4O[C@H](CO)[C@@H](O)[C@H](O[C@@H]5O[C@H](CO)[C@@H](O[C@@H]6O[C@H](CO)[C@@H](O)[C@H](O)[C@H]6NC(C)=O)[C@H](O)[C@H]5NC(C)=O)[C@@H]4O)[C@@H]3O)[C@H](O)[C@H]2NC(C)=O)[C@@H](CO)O[C@H]1O. The molecular formula is C44H74N4O31. The van der Waals surface area contributed by atoms with E-state index in [1.54, 1.807) is 0 Å². The van der Waals surface area contributed by atoms with Crippen molar-refractivity contribution in [3.63, 3.8) is 0 Å². The number of hydrogen-bond acceptors (Lipinski definition) is 31. The van der Waals surface area contributed by atoms with Crippen LogP contribution < -0.4 is 21.3 Å². The number of aliphatic hydroxyl groups is 16. The molecule has 35 nitrogen and oxygen atoms in total. The summed E-state index contributed by atoms with van der Waals surface area (Å²) in [5, 5.41) is 184. The lowest BCUT2D eigenvalue weighted by atomic mass is 9.93. The second-order valence-electron chi connectivity index (χ2n) is 19.7. The van der Waals surface area contributed by atoms with E-state index in [-0.39, 0.29) is 0 Å². The number of carbonyl (C=O) groups excluding carboxylic acids is 4. The van der Waals surface area contributed by atoms with Gasteiger partial charge in [-0.15, -0.1) is 0 Å². The highest BCUT2D eigenvalue weighted by atomic mass is 16.8. The fourth-order valence-corrected chi connectivity index (χ4v) is 10.1. The summed E-state index contributed by atoms with van der Waals surface area (Å²) in [6, 6.07) is -6.54. The van der Waals surface area contributed by atoms with E-state index < -0.39 is 247 Å². The first kappa shape index (κ1) is 65.0. The molecule has 0 aromatic carbocycles. The van der Waals surface area contributed by atoms with E-state index in [1.165, 1.54) is 0 Å². The van der Waals surface area contributed by atoms with Crippen molar-refractivity contribution in [3.8, 4) is 0 Å². The molecule has 35 heteroatoms. The van der Waals surface area contributed by atoms with Gasteiger partial charge >= 0.3 is 0 Å². The molecule has 0 spiro atoms. The Balaban J connectivity index is 1.21. The third-order valence-electron chi connectivity index (χ3n) is 14.0. The maximum absolute atomic E-state index is 12.6. The molecule has 0 aromatic heterocycles. The average molecular weight is 1160 g/mol. The summed E-state index contributed by atoms with van der Waals surface area (Å²) in [7, 11) is 0. The van der Waals surface area contributed by atoms with Gasteiger partial charge in [0.05, 0.1) is 39.6 Å². The van der Waals surface area contributed by atoms with Crippen molar-refractivity contribution in [1.29, 1.82) is 0 Å². The van der Waals surface area contributed by atoms with Crippen LogP contribution in [0.2, 0.25) is 0 Å². The minimum Gasteiger partial charge on any atom is -0.394 e. The van der Waals surface area contributed by atoms with E-state index in [0.717, 1.165) is 27.7 Å². The van der Waals surface area contributed by atoms with E-state index in [1.807, 2.05) is 0 Å². The van der Waals surface area contributed by atoms with Gasteiger partial charge in [0.25, 0.3) is 0 Å². The van der Waals surface area contributed by atoms with Gasteiger partial charge in [-0.25, -0.2) is 0 Å². The van der Waals surface area contributed by atoms with Crippen molar-refractivity contribution >= 4 is 23.6 Å². The van der Waals surface area contributed by atoms with E-state index in [4.69, 9.17) is 52.1 Å². The Morgan fingerprint density at radius 3 is 0.911 bits per heavy atom. The van der Waals surface area contributed by atoms with Gasteiger partial charge in [-0.3, -0.25) is 19.2 Å². The Morgan fingerprint density at radius 1 is 0.304 bits per heavy atom.